The molecular weight excluding hydrogens is 248 g/mol. The number of carbonyl (C=O) groups excluding carboxylic acids is 2. The minimum absolute atomic E-state index is 0.0487. The van der Waals surface area contributed by atoms with Crippen LogP contribution in [0.5, 0.6) is 0 Å². The van der Waals surface area contributed by atoms with E-state index in [1.54, 1.807) is 31.2 Å². The lowest BCUT2D eigenvalue weighted by Crippen LogP contribution is -2.13. The molecule has 0 spiro atoms. The highest BCUT2D eigenvalue weighted by Gasteiger charge is 2.16. The predicted molar refractivity (Wildman–Crippen MR) is 69.2 cm³/mol. The van der Waals surface area contributed by atoms with Crippen molar-refractivity contribution < 1.29 is 14.0 Å². The first-order valence-corrected chi connectivity index (χ1v) is 5.44. The summed E-state index contributed by atoms with van der Waals surface area (Å²) in [6.45, 7) is 1.62. The smallest absolute Gasteiger partial charge is 0.273 e. The van der Waals surface area contributed by atoms with Crippen molar-refractivity contribution in [1.29, 1.82) is 0 Å². The zero-order chi connectivity index (χ0) is 13.8. The Hall–Kier alpha value is -2.83. The number of oxazole rings is 1. The van der Waals surface area contributed by atoms with Gasteiger partial charge in [0.1, 0.15) is 0 Å². The van der Waals surface area contributed by atoms with Gasteiger partial charge >= 0.3 is 0 Å². The largest absolute Gasteiger partial charge is 0.424 e. The van der Waals surface area contributed by atoms with E-state index in [1.165, 1.54) is 0 Å². The topological polar surface area (TPSA) is 110 Å². The second kappa shape index (κ2) is 5.21. The molecule has 7 nitrogen and oxygen atoms in total. The van der Waals surface area contributed by atoms with Gasteiger partial charge in [-0.25, -0.2) is 4.98 Å². The molecular formula is C12H12N4O3. The van der Waals surface area contributed by atoms with Gasteiger partial charge in [0.25, 0.3) is 5.91 Å². The first-order chi connectivity index (χ1) is 9.10. The molecule has 0 aliphatic heterocycles. The predicted octanol–water partition coefficient (Wildman–Crippen LogP) is 1.39. The van der Waals surface area contributed by atoms with Gasteiger partial charge in [0.15, 0.2) is 11.6 Å². The lowest BCUT2D eigenvalue weighted by molar-refractivity contribution is -0.105. The van der Waals surface area contributed by atoms with E-state index < -0.39 is 5.91 Å². The Morgan fingerprint density at radius 1 is 1.32 bits per heavy atom. The van der Waals surface area contributed by atoms with E-state index in [0.29, 0.717) is 23.7 Å². The molecule has 0 atom stereocenters. The summed E-state index contributed by atoms with van der Waals surface area (Å²) in [5.74, 6) is -0.129. The van der Waals surface area contributed by atoms with Gasteiger partial charge in [-0.1, -0.05) is 0 Å². The lowest BCUT2D eigenvalue weighted by Gasteiger charge is -2.04. The summed E-state index contributed by atoms with van der Waals surface area (Å²) in [6.07, 6.45) is 0.591. The molecule has 19 heavy (non-hydrogen) atoms. The average molecular weight is 260 g/mol. The monoisotopic (exact) mass is 260 g/mol. The van der Waals surface area contributed by atoms with Gasteiger partial charge in [0.2, 0.25) is 12.3 Å². The number of amides is 2. The van der Waals surface area contributed by atoms with Crippen LogP contribution in [0, 0.1) is 6.92 Å². The minimum Gasteiger partial charge on any atom is -0.424 e. The lowest BCUT2D eigenvalue weighted by atomic mass is 10.3. The number of hydrogen-bond donors (Lipinski definition) is 3. The summed E-state index contributed by atoms with van der Waals surface area (Å²) < 4.78 is 5.26. The Kier molecular flexibility index (Phi) is 3.46. The van der Waals surface area contributed by atoms with Crippen molar-refractivity contribution in [2.45, 2.75) is 6.92 Å². The maximum absolute atomic E-state index is 11.2. The summed E-state index contributed by atoms with van der Waals surface area (Å²) in [6, 6.07) is 6.83. The zero-order valence-corrected chi connectivity index (χ0v) is 10.1. The molecule has 2 aromatic rings. The van der Waals surface area contributed by atoms with Crippen molar-refractivity contribution in [3.05, 3.63) is 35.9 Å². The Bertz CT molecular complexity index is 604. The molecule has 4 N–H and O–H groups in total. The number of hydrogen-bond acceptors (Lipinski definition) is 5. The number of nitrogens with two attached hydrogens (primary N) is 1. The number of primary amides is 1. The fourth-order valence-electron chi connectivity index (χ4n) is 1.53. The fraction of sp³-hybridized carbons (Fsp3) is 0.0833. The normalized spacial score (nSPS) is 9.95. The Morgan fingerprint density at radius 3 is 2.53 bits per heavy atom. The molecule has 1 heterocycles. The van der Waals surface area contributed by atoms with E-state index in [4.69, 9.17) is 10.2 Å². The Morgan fingerprint density at radius 2 is 1.95 bits per heavy atom. The van der Waals surface area contributed by atoms with E-state index in [-0.39, 0.29) is 11.6 Å². The van der Waals surface area contributed by atoms with Crippen molar-refractivity contribution in [1.82, 2.24) is 4.98 Å². The molecule has 2 rings (SSSR count). The van der Waals surface area contributed by atoms with Crippen molar-refractivity contribution in [3.8, 4) is 0 Å². The third kappa shape index (κ3) is 2.89. The molecule has 0 aliphatic rings. The van der Waals surface area contributed by atoms with Gasteiger partial charge in [-0.15, -0.1) is 0 Å². The molecule has 0 unspecified atom stereocenters. The summed E-state index contributed by atoms with van der Waals surface area (Å²) in [5.41, 5.74) is 6.58. The van der Waals surface area contributed by atoms with Gasteiger partial charge in [0.05, 0.1) is 0 Å². The highest BCUT2D eigenvalue weighted by atomic mass is 16.4. The maximum Gasteiger partial charge on any atom is 0.273 e. The van der Waals surface area contributed by atoms with E-state index in [0.717, 1.165) is 0 Å². The molecule has 0 aliphatic carbocycles. The summed E-state index contributed by atoms with van der Waals surface area (Å²) in [5, 5.41) is 5.41. The van der Waals surface area contributed by atoms with Gasteiger partial charge < -0.3 is 20.8 Å². The van der Waals surface area contributed by atoms with Crippen molar-refractivity contribution in [3.63, 3.8) is 0 Å². The van der Waals surface area contributed by atoms with Crippen molar-refractivity contribution in [2.24, 2.45) is 5.73 Å². The third-order valence-corrected chi connectivity index (χ3v) is 2.34. The second-order valence-corrected chi connectivity index (χ2v) is 3.74. The van der Waals surface area contributed by atoms with E-state index in [2.05, 4.69) is 15.6 Å². The Balaban J connectivity index is 2.21. The molecule has 0 saturated heterocycles. The van der Waals surface area contributed by atoms with Crippen LogP contribution in [0.15, 0.2) is 28.7 Å². The highest BCUT2D eigenvalue weighted by molar-refractivity contribution is 5.95. The third-order valence-electron chi connectivity index (χ3n) is 2.34. The van der Waals surface area contributed by atoms with Gasteiger partial charge in [-0.05, 0) is 24.3 Å². The van der Waals surface area contributed by atoms with Crippen LogP contribution in [-0.4, -0.2) is 17.3 Å². The number of nitrogens with zero attached hydrogens (tertiary/aromatic N) is 1. The SMILES string of the molecule is Cc1nc(C(N)=O)c(Nc2ccc(NC=O)cc2)o1. The fourth-order valence-corrected chi connectivity index (χ4v) is 1.53. The number of rotatable bonds is 5. The summed E-state index contributed by atoms with van der Waals surface area (Å²) >= 11 is 0. The van der Waals surface area contributed by atoms with Crippen LogP contribution in [0.25, 0.3) is 0 Å². The van der Waals surface area contributed by atoms with Crippen LogP contribution in [0.3, 0.4) is 0 Å². The molecule has 2 amide bonds. The maximum atomic E-state index is 11.2. The zero-order valence-electron chi connectivity index (χ0n) is 10.1. The van der Waals surface area contributed by atoms with Crippen LogP contribution in [0.1, 0.15) is 16.4 Å². The van der Waals surface area contributed by atoms with Gasteiger partial charge in [0, 0.05) is 18.3 Å². The average Bonchev–Trinajstić information content (AvgIpc) is 2.73. The van der Waals surface area contributed by atoms with E-state index in [1.807, 2.05) is 0 Å². The van der Waals surface area contributed by atoms with Crippen LogP contribution >= 0.6 is 0 Å². The molecule has 7 heteroatoms. The van der Waals surface area contributed by atoms with Gasteiger partial charge in [-0.2, -0.15) is 0 Å². The number of aromatic nitrogens is 1. The second-order valence-electron chi connectivity index (χ2n) is 3.74. The van der Waals surface area contributed by atoms with Crippen molar-refractivity contribution >= 4 is 29.6 Å². The van der Waals surface area contributed by atoms with Crippen LogP contribution in [0.2, 0.25) is 0 Å². The van der Waals surface area contributed by atoms with Gasteiger partial charge in [-0.3, -0.25) is 9.59 Å². The number of benzene rings is 1. The molecule has 1 aromatic heterocycles. The molecule has 1 aromatic carbocycles. The quantitative estimate of drug-likeness (QED) is 0.703. The number of carbonyl (C=O) groups is 2. The van der Waals surface area contributed by atoms with Crippen molar-refractivity contribution in [2.75, 3.05) is 10.6 Å². The molecule has 0 saturated carbocycles. The summed E-state index contributed by atoms with van der Waals surface area (Å²) in [4.78, 5) is 25.3. The van der Waals surface area contributed by atoms with Crippen LogP contribution in [-0.2, 0) is 4.79 Å². The minimum atomic E-state index is -0.668. The summed E-state index contributed by atoms with van der Waals surface area (Å²) in [7, 11) is 0. The molecule has 0 radical (unpaired) electrons. The van der Waals surface area contributed by atoms with Crippen LogP contribution in [0.4, 0.5) is 17.3 Å². The number of anilines is 3. The highest BCUT2D eigenvalue weighted by Crippen LogP contribution is 2.22. The first kappa shape index (κ1) is 12.6. The molecule has 0 bridgehead atoms. The standard InChI is InChI=1S/C12H12N4O3/c1-7-15-10(11(13)18)12(19-7)16-9-4-2-8(3-5-9)14-6-17/h2-6,16H,1H3,(H2,13,18)(H,14,17). The Labute approximate surface area is 108 Å². The molecule has 98 valence electrons. The number of nitrogens with one attached hydrogen (secondary N) is 2. The van der Waals surface area contributed by atoms with E-state index in [9.17, 15) is 9.59 Å². The molecule has 0 fully saturated rings. The van der Waals surface area contributed by atoms with Crippen LogP contribution < -0.4 is 16.4 Å². The first-order valence-electron chi connectivity index (χ1n) is 5.44. The van der Waals surface area contributed by atoms with E-state index >= 15 is 0 Å². The number of aryl methyl sites for hydroxylation is 1.